The van der Waals surface area contributed by atoms with Gasteiger partial charge in [0, 0.05) is 25.9 Å². The van der Waals surface area contributed by atoms with Gasteiger partial charge in [0.2, 0.25) is 0 Å². The van der Waals surface area contributed by atoms with Gasteiger partial charge in [-0.05, 0) is 25.7 Å². The van der Waals surface area contributed by atoms with Crippen molar-refractivity contribution in [2.24, 2.45) is 5.73 Å². The Hall–Kier alpha value is -2.12. The number of hydrogen-bond acceptors (Lipinski definition) is 6. The number of primary amides is 1. The number of methoxy groups -OCH3 is 2. The molecule has 0 aliphatic heterocycles. The standard InChI is InChI=1S/C16H28N2O6/c1-23-13(19)9-5-3-7-11-18(16(22)15(17)21)12-8-4-6-10-14(20)24-2/h3-12H2,1-2H3,(H2,17,21). The maximum Gasteiger partial charge on any atom is 0.311 e. The average Bonchev–Trinajstić information content (AvgIpc) is 2.57. The molecule has 0 aromatic heterocycles. The topological polar surface area (TPSA) is 116 Å². The Morgan fingerprint density at radius 3 is 1.50 bits per heavy atom. The third kappa shape index (κ3) is 10.6. The maximum absolute atomic E-state index is 11.8. The average molecular weight is 344 g/mol. The smallest absolute Gasteiger partial charge is 0.311 e. The fraction of sp³-hybridized carbons (Fsp3) is 0.750. The van der Waals surface area contributed by atoms with Gasteiger partial charge in [0.15, 0.2) is 0 Å². The number of esters is 2. The van der Waals surface area contributed by atoms with E-state index in [9.17, 15) is 19.2 Å². The molecule has 24 heavy (non-hydrogen) atoms. The summed E-state index contributed by atoms with van der Waals surface area (Å²) in [5.41, 5.74) is 5.06. The molecule has 2 N–H and O–H groups in total. The lowest BCUT2D eigenvalue weighted by Gasteiger charge is -2.21. The summed E-state index contributed by atoms with van der Waals surface area (Å²) in [7, 11) is 2.69. The van der Waals surface area contributed by atoms with Crippen molar-refractivity contribution >= 4 is 23.8 Å². The third-order valence-corrected chi connectivity index (χ3v) is 3.57. The van der Waals surface area contributed by atoms with E-state index in [2.05, 4.69) is 9.47 Å². The van der Waals surface area contributed by atoms with Crippen molar-refractivity contribution in [2.75, 3.05) is 27.3 Å². The van der Waals surface area contributed by atoms with E-state index in [4.69, 9.17) is 5.73 Å². The number of unbranched alkanes of at least 4 members (excludes halogenated alkanes) is 4. The highest BCUT2D eigenvalue weighted by Gasteiger charge is 2.18. The summed E-state index contributed by atoms with van der Waals surface area (Å²) >= 11 is 0. The van der Waals surface area contributed by atoms with Gasteiger partial charge in [0.05, 0.1) is 14.2 Å². The SMILES string of the molecule is COC(=O)CCCCCN(CCCCCC(=O)OC)C(=O)C(N)=O. The van der Waals surface area contributed by atoms with Crippen LogP contribution in [0, 0.1) is 0 Å². The molecule has 0 aromatic rings. The van der Waals surface area contributed by atoms with Gasteiger partial charge >= 0.3 is 23.8 Å². The number of ether oxygens (including phenoxy) is 2. The van der Waals surface area contributed by atoms with Crippen molar-refractivity contribution in [1.82, 2.24) is 4.90 Å². The summed E-state index contributed by atoms with van der Waals surface area (Å²) in [6.07, 6.45) is 4.88. The van der Waals surface area contributed by atoms with Crippen LogP contribution in [0.4, 0.5) is 0 Å². The van der Waals surface area contributed by atoms with Crippen LogP contribution in [0.15, 0.2) is 0 Å². The lowest BCUT2D eigenvalue weighted by Crippen LogP contribution is -2.41. The van der Waals surface area contributed by atoms with Crippen molar-refractivity contribution in [2.45, 2.75) is 51.4 Å². The summed E-state index contributed by atoms with van der Waals surface area (Å²) in [6, 6.07) is 0. The van der Waals surface area contributed by atoms with Crippen LogP contribution in [-0.2, 0) is 28.7 Å². The zero-order valence-corrected chi connectivity index (χ0v) is 14.5. The van der Waals surface area contributed by atoms with E-state index in [-0.39, 0.29) is 11.9 Å². The zero-order valence-electron chi connectivity index (χ0n) is 14.5. The molecule has 0 aliphatic rings. The molecular weight excluding hydrogens is 316 g/mol. The first-order valence-corrected chi connectivity index (χ1v) is 8.14. The fourth-order valence-corrected chi connectivity index (χ4v) is 2.17. The van der Waals surface area contributed by atoms with E-state index in [1.807, 2.05) is 0 Å². The van der Waals surface area contributed by atoms with Crippen molar-refractivity contribution < 1.29 is 28.7 Å². The maximum atomic E-state index is 11.8. The molecule has 0 radical (unpaired) electrons. The van der Waals surface area contributed by atoms with Crippen LogP contribution in [0.2, 0.25) is 0 Å². The van der Waals surface area contributed by atoms with Crippen LogP contribution in [-0.4, -0.2) is 56.0 Å². The largest absolute Gasteiger partial charge is 0.469 e. The summed E-state index contributed by atoms with van der Waals surface area (Å²) in [5.74, 6) is -2.19. The molecule has 0 bridgehead atoms. The number of rotatable bonds is 12. The number of carbonyl (C=O) groups excluding carboxylic acids is 4. The summed E-state index contributed by atoms with van der Waals surface area (Å²) < 4.78 is 9.10. The van der Waals surface area contributed by atoms with Crippen molar-refractivity contribution in [3.63, 3.8) is 0 Å². The van der Waals surface area contributed by atoms with Gasteiger partial charge in [-0.15, -0.1) is 0 Å². The van der Waals surface area contributed by atoms with Crippen molar-refractivity contribution in [3.8, 4) is 0 Å². The first kappa shape index (κ1) is 21.9. The molecule has 0 atom stereocenters. The van der Waals surface area contributed by atoms with Gasteiger partial charge in [-0.2, -0.15) is 0 Å². The fourth-order valence-electron chi connectivity index (χ4n) is 2.17. The van der Waals surface area contributed by atoms with E-state index in [1.165, 1.54) is 19.1 Å². The van der Waals surface area contributed by atoms with Crippen LogP contribution in [0.25, 0.3) is 0 Å². The predicted octanol–water partition coefficient (Wildman–Crippen LogP) is 0.767. The highest BCUT2D eigenvalue weighted by atomic mass is 16.5. The van der Waals surface area contributed by atoms with Crippen LogP contribution in [0.1, 0.15) is 51.4 Å². The van der Waals surface area contributed by atoms with E-state index in [1.54, 1.807) is 0 Å². The van der Waals surface area contributed by atoms with Crippen molar-refractivity contribution in [1.29, 1.82) is 0 Å². The molecular formula is C16H28N2O6. The lowest BCUT2D eigenvalue weighted by molar-refractivity contribution is -0.144. The van der Waals surface area contributed by atoms with Gasteiger partial charge in [-0.1, -0.05) is 12.8 Å². The molecule has 0 unspecified atom stereocenters. The number of amides is 2. The third-order valence-electron chi connectivity index (χ3n) is 3.57. The first-order chi connectivity index (χ1) is 11.4. The minimum absolute atomic E-state index is 0.259. The molecule has 138 valence electrons. The van der Waals surface area contributed by atoms with Gasteiger partial charge in [-0.3, -0.25) is 19.2 Å². The molecule has 0 heterocycles. The highest BCUT2D eigenvalue weighted by Crippen LogP contribution is 2.07. The minimum Gasteiger partial charge on any atom is -0.469 e. The number of nitrogens with two attached hydrogens (primary N) is 1. The van der Waals surface area contributed by atoms with E-state index >= 15 is 0 Å². The van der Waals surface area contributed by atoms with E-state index in [0.717, 1.165) is 12.8 Å². The zero-order chi connectivity index (χ0) is 18.4. The summed E-state index contributed by atoms with van der Waals surface area (Å²) in [6.45, 7) is 0.833. The number of carbonyl (C=O) groups is 4. The Balaban J connectivity index is 4.06. The minimum atomic E-state index is -0.973. The van der Waals surface area contributed by atoms with E-state index < -0.39 is 11.8 Å². The second-order valence-electron chi connectivity index (χ2n) is 5.43. The Kier molecular flexibility index (Phi) is 12.2. The number of hydrogen-bond donors (Lipinski definition) is 1. The summed E-state index contributed by atoms with van der Waals surface area (Å²) in [5, 5.41) is 0. The predicted molar refractivity (Wildman–Crippen MR) is 86.7 cm³/mol. The molecule has 0 saturated heterocycles. The quantitative estimate of drug-likeness (QED) is 0.317. The van der Waals surface area contributed by atoms with Crippen LogP contribution in [0.3, 0.4) is 0 Å². The Morgan fingerprint density at radius 1 is 0.750 bits per heavy atom. The van der Waals surface area contributed by atoms with Crippen LogP contribution >= 0.6 is 0 Å². The van der Waals surface area contributed by atoms with Gasteiger partial charge in [-0.25, -0.2) is 0 Å². The second kappa shape index (κ2) is 13.3. The molecule has 0 spiro atoms. The Labute approximate surface area is 142 Å². The van der Waals surface area contributed by atoms with E-state index in [0.29, 0.717) is 51.6 Å². The first-order valence-electron chi connectivity index (χ1n) is 8.14. The highest BCUT2D eigenvalue weighted by molar-refractivity contribution is 6.34. The molecule has 0 fully saturated rings. The summed E-state index contributed by atoms with van der Waals surface area (Å²) in [4.78, 5) is 46.3. The Bertz CT molecular complexity index is 399. The van der Waals surface area contributed by atoms with Crippen LogP contribution < -0.4 is 5.73 Å². The normalized spacial score (nSPS) is 10.1. The molecule has 8 nitrogen and oxygen atoms in total. The van der Waals surface area contributed by atoms with Crippen molar-refractivity contribution in [3.05, 3.63) is 0 Å². The molecule has 2 amide bonds. The molecule has 0 aromatic carbocycles. The molecule has 0 saturated carbocycles. The molecule has 0 aliphatic carbocycles. The number of nitrogens with zero attached hydrogens (tertiary/aromatic N) is 1. The molecule has 8 heteroatoms. The Morgan fingerprint density at radius 2 is 1.17 bits per heavy atom. The van der Waals surface area contributed by atoms with Crippen LogP contribution in [0.5, 0.6) is 0 Å². The second-order valence-corrected chi connectivity index (χ2v) is 5.43. The van der Waals surface area contributed by atoms with Gasteiger partial charge in [0.1, 0.15) is 0 Å². The van der Waals surface area contributed by atoms with Gasteiger partial charge in [0.25, 0.3) is 0 Å². The monoisotopic (exact) mass is 344 g/mol. The van der Waals surface area contributed by atoms with Gasteiger partial charge < -0.3 is 20.1 Å². The lowest BCUT2D eigenvalue weighted by atomic mass is 10.1. The molecule has 0 rings (SSSR count).